The maximum absolute atomic E-state index is 12.7. The van der Waals surface area contributed by atoms with Crippen molar-refractivity contribution < 1.29 is 9.59 Å². The summed E-state index contributed by atoms with van der Waals surface area (Å²) in [7, 11) is 0. The van der Waals surface area contributed by atoms with Crippen molar-refractivity contribution in [3.63, 3.8) is 0 Å². The smallest absolute Gasteiger partial charge is 0.225 e. The second-order valence-electron chi connectivity index (χ2n) is 7.99. The molecule has 1 aliphatic heterocycles. The van der Waals surface area contributed by atoms with Gasteiger partial charge in [0.15, 0.2) is 5.82 Å². The van der Waals surface area contributed by atoms with Gasteiger partial charge in [0.2, 0.25) is 11.8 Å². The molecule has 0 unspecified atom stereocenters. The highest BCUT2D eigenvalue weighted by Gasteiger charge is 2.34. The third-order valence-electron chi connectivity index (χ3n) is 5.98. The molecule has 154 valence electrons. The topological polar surface area (TPSA) is 104 Å². The van der Waals surface area contributed by atoms with Crippen LogP contribution in [0.4, 0.5) is 0 Å². The van der Waals surface area contributed by atoms with Crippen LogP contribution in [0.5, 0.6) is 0 Å². The monoisotopic (exact) mass is 396 g/mol. The molecule has 1 aliphatic carbocycles. The molecule has 1 saturated carbocycles. The lowest BCUT2D eigenvalue weighted by Crippen LogP contribution is -2.49. The summed E-state index contributed by atoms with van der Waals surface area (Å²) < 4.78 is 0. The number of carbonyl (C=O) groups is 2. The Labute approximate surface area is 170 Å². The number of likely N-dealkylation sites (tertiary alicyclic amines) is 1. The fourth-order valence-corrected chi connectivity index (χ4v) is 4.33. The van der Waals surface area contributed by atoms with Crippen molar-refractivity contribution in [2.24, 2.45) is 5.92 Å². The quantitative estimate of drug-likeness (QED) is 0.756. The number of pyridine rings is 1. The zero-order valence-electron chi connectivity index (χ0n) is 16.6. The molecule has 1 atom stereocenters. The van der Waals surface area contributed by atoms with Gasteiger partial charge in [-0.05, 0) is 31.4 Å². The number of amides is 2. The normalized spacial score (nSPS) is 21.0. The van der Waals surface area contributed by atoms with Crippen molar-refractivity contribution in [1.82, 2.24) is 30.4 Å². The maximum Gasteiger partial charge on any atom is 0.225 e. The van der Waals surface area contributed by atoms with E-state index >= 15 is 0 Å². The van der Waals surface area contributed by atoms with Gasteiger partial charge in [-0.15, -0.1) is 0 Å². The Kier molecular flexibility index (Phi) is 6.17. The molecule has 8 heteroatoms. The number of aromatic nitrogens is 4. The Morgan fingerprint density at radius 1 is 1.14 bits per heavy atom. The Morgan fingerprint density at radius 2 is 1.90 bits per heavy atom. The van der Waals surface area contributed by atoms with Gasteiger partial charge in [0.25, 0.3) is 0 Å². The number of piperidine rings is 1. The van der Waals surface area contributed by atoms with Crippen molar-refractivity contribution in [1.29, 1.82) is 0 Å². The zero-order valence-corrected chi connectivity index (χ0v) is 16.6. The van der Waals surface area contributed by atoms with Crippen molar-refractivity contribution >= 4 is 11.8 Å². The lowest BCUT2D eigenvalue weighted by molar-refractivity contribution is -0.141. The van der Waals surface area contributed by atoms with Crippen LogP contribution in [0, 0.1) is 5.92 Å². The Hall–Kier alpha value is -2.77. The molecule has 0 radical (unpaired) electrons. The number of aromatic amines is 1. The first-order valence-corrected chi connectivity index (χ1v) is 10.6. The number of hydrogen-bond donors (Lipinski definition) is 2. The SMILES string of the molecule is O=C(NCc1nc(-c2ccncc2)n[nH]1)[C@@H]1CCC(=O)N(C2CCCCCC2)C1. The van der Waals surface area contributed by atoms with E-state index in [-0.39, 0.29) is 17.7 Å². The van der Waals surface area contributed by atoms with E-state index in [1.165, 1.54) is 25.7 Å². The largest absolute Gasteiger partial charge is 0.349 e. The van der Waals surface area contributed by atoms with Gasteiger partial charge in [0.05, 0.1) is 12.5 Å². The molecule has 3 heterocycles. The number of rotatable bonds is 5. The van der Waals surface area contributed by atoms with Crippen LogP contribution in [0.2, 0.25) is 0 Å². The van der Waals surface area contributed by atoms with Gasteiger partial charge >= 0.3 is 0 Å². The van der Waals surface area contributed by atoms with Crippen molar-refractivity contribution in [3.05, 3.63) is 30.4 Å². The molecule has 2 aliphatic rings. The van der Waals surface area contributed by atoms with Crippen LogP contribution in [0.1, 0.15) is 57.2 Å². The van der Waals surface area contributed by atoms with Crippen LogP contribution >= 0.6 is 0 Å². The molecule has 0 aromatic carbocycles. The van der Waals surface area contributed by atoms with E-state index in [1.807, 2.05) is 17.0 Å². The highest BCUT2D eigenvalue weighted by molar-refractivity contribution is 5.84. The summed E-state index contributed by atoms with van der Waals surface area (Å²) in [5, 5.41) is 10.0. The number of nitrogens with one attached hydrogen (secondary N) is 2. The molecule has 2 N–H and O–H groups in total. The van der Waals surface area contributed by atoms with Crippen molar-refractivity contribution in [3.8, 4) is 11.4 Å². The minimum Gasteiger partial charge on any atom is -0.349 e. The molecule has 2 aromatic heterocycles. The van der Waals surface area contributed by atoms with E-state index in [4.69, 9.17) is 0 Å². The average molecular weight is 396 g/mol. The van der Waals surface area contributed by atoms with Crippen LogP contribution < -0.4 is 5.32 Å². The maximum atomic E-state index is 12.7. The lowest BCUT2D eigenvalue weighted by atomic mass is 9.93. The van der Waals surface area contributed by atoms with Crippen LogP contribution in [0.15, 0.2) is 24.5 Å². The van der Waals surface area contributed by atoms with Gasteiger partial charge in [0, 0.05) is 37.0 Å². The lowest BCUT2D eigenvalue weighted by Gasteiger charge is -2.37. The van der Waals surface area contributed by atoms with Crippen LogP contribution in [0.25, 0.3) is 11.4 Å². The summed E-state index contributed by atoms with van der Waals surface area (Å²) in [6.07, 6.45) is 11.5. The highest BCUT2D eigenvalue weighted by Crippen LogP contribution is 2.27. The first-order chi connectivity index (χ1) is 14.2. The molecule has 2 amide bonds. The molecule has 2 fully saturated rings. The Morgan fingerprint density at radius 3 is 2.66 bits per heavy atom. The fraction of sp³-hybridized carbons (Fsp3) is 0.571. The molecule has 0 bridgehead atoms. The third kappa shape index (κ3) is 4.81. The van der Waals surface area contributed by atoms with Gasteiger partial charge in [-0.3, -0.25) is 19.7 Å². The standard InChI is InChI=1S/C21H28N6O2/c28-19-8-7-16(14-27(19)17-5-3-1-2-4-6-17)21(29)23-13-18-24-20(26-25-18)15-9-11-22-12-10-15/h9-12,16-17H,1-8,13-14H2,(H,23,29)(H,24,25,26)/t16-/m1/s1. The molecule has 0 spiro atoms. The number of nitrogens with zero attached hydrogens (tertiary/aromatic N) is 4. The van der Waals surface area contributed by atoms with E-state index < -0.39 is 0 Å². The fourth-order valence-electron chi connectivity index (χ4n) is 4.33. The van der Waals surface area contributed by atoms with Gasteiger partial charge < -0.3 is 10.2 Å². The summed E-state index contributed by atoms with van der Waals surface area (Å²) in [4.78, 5) is 35.6. The Bertz CT molecular complexity index is 829. The van der Waals surface area contributed by atoms with E-state index in [9.17, 15) is 9.59 Å². The molecule has 29 heavy (non-hydrogen) atoms. The molecule has 8 nitrogen and oxygen atoms in total. The van der Waals surface area contributed by atoms with Crippen LogP contribution in [0.3, 0.4) is 0 Å². The van der Waals surface area contributed by atoms with Gasteiger partial charge in [-0.25, -0.2) is 4.98 Å². The molecular weight excluding hydrogens is 368 g/mol. The molecule has 2 aromatic rings. The van der Waals surface area contributed by atoms with Gasteiger partial charge in [-0.2, -0.15) is 5.10 Å². The molecular formula is C21H28N6O2. The summed E-state index contributed by atoms with van der Waals surface area (Å²) in [5.74, 6) is 1.23. The van der Waals surface area contributed by atoms with Crippen LogP contribution in [-0.2, 0) is 16.1 Å². The summed E-state index contributed by atoms with van der Waals surface area (Å²) in [6, 6.07) is 3.98. The minimum atomic E-state index is -0.154. The predicted octanol–water partition coefficient (Wildman–Crippen LogP) is 2.44. The predicted molar refractivity (Wildman–Crippen MR) is 107 cm³/mol. The first kappa shape index (κ1) is 19.5. The summed E-state index contributed by atoms with van der Waals surface area (Å²) in [6.45, 7) is 0.832. The van der Waals surface area contributed by atoms with Gasteiger partial charge in [-0.1, -0.05) is 25.7 Å². The first-order valence-electron chi connectivity index (χ1n) is 10.6. The van der Waals surface area contributed by atoms with Crippen molar-refractivity contribution in [2.45, 2.75) is 64.0 Å². The number of hydrogen-bond acceptors (Lipinski definition) is 5. The average Bonchev–Trinajstić information content (AvgIpc) is 3.07. The molecule has 1 saturated heterocycles. The summed E-state index contributed by atoms with van der Waals surface area (Å²) >= 11 is 0. The van der Waals surface area contributed by atoms with Gasteiger partial charge in [0.1, 0.15) is 5.82 Å². The number of carbonyl (C=O) groups excluding carboxylic acids is 2. The Balaban J connectivity index is 1.32. The molecule has 4 rings (SSSR count). The minimum absolute atomic E-state index is 0.0158. The van der Waals surface area contributed by atoms with E-state index in [2.05, 4.69) is 25.5 Å². The van der Waals surface area contributed by atoms with E-state index in [0.717, 1.165) is 18.4 Å². The van der Waals surface area contributed by atoms with Crippen molar-refractivity contribution in [2.75, 3.05) is 6.54 Å². The third-order valence-corrected chi connectivity index (χ3v) is 5.98. The second kappa shape index (κ2) is 9.15. The number of H-pyrrole nitrogens is 1. The zero-order chi connectivity index (χ0) is 20.1. The summed E-state index contributed by atoms with van der Waals surface area (Å²) in [5.41, 5.74) is 0.874. The second-order valence-corrected chi connectivity index (χ2v) is 7.99. The van der Waals surface area contributed by atoms with E-state index in [1.54, 1.807) is 12.4 Å². The van der Waals surface area contributed by atoms with E-state index in [0.29, 0.717) is 43.6 Å². The van der Waals surface area contributed by atoms with Crippen LogP contribution in [-0.4, -0.2) is 49.5 Å². The highest BCUT2D eigenvalue weighted by atomic mass is 16.2.